The van der Waals surface area contributed by atoms with Gasteiger partial charge in [-0.1, -0.05) is 11.6 Å². The highest BCUT2D eigenvalue weighted by Crippen LogP contribution is 2.38. The summed E-state index contributed by atoms with van der Waals surface area (Å²) in [5.41, 5.74) is 2.31. The number of benzene rings is 2. The molecule has 0 saturated heterocycles. The first kappa shape index (κ1) is 14.3. The molecule has 21 heavy (non-hydrogen) atoms. The van der Waals surface area contributed by atoms with Crippen molar-refractivity contribution in [1.29, 1.82) is 0 Å². The van der Waals surface area contributed by atoms with Crippen molar-refractivity contribution >= 4 is 11.6 Å². The molecule has 5 heteroatoms. The van der Waals surface area contributed by atoms with E-state index in [1.165, 1.54) is 12.1 Å². The molecule has 1 unspecified atom stereocenters. The van der Waals surface area contributed by atoms with Gasteiger partial charge < -0.3 is 10.1 Å². The minimum absolute atomic E-state index is 0.388. The number of fused-ring (bicyclic) bond motifs is 1. The van der Waals surface area contributed by atoms with Crippen LogP contribution in [0, 0.1) is 11.6 Å². The molecule has 0 saturated carbocycles. The minimum atomic E-state index is -0.607. The smallest absolute Gasteiger partial charge is 0.127 e. The summed E-state index contributed by atoms with van der Waals surface area (Å²) in [6, 6.07) is 6.73. The molecule has 1 atom stereocenters. The van der Waals surface area contributed by atoms with Gasteiger partial charge in [0.1, 0.15) is 17.4 Å². The Bertz CT molecular complexity index is 670. The van der Waals surface area contributed by atoms with Crippen LogP contribution in [0.3, 0.4) is 0 Å². The van der Waals surface area contributed by atoms with E-state index in [0.717, 1.165) is 29.4 Å². The Morgan fingerprint density at radius 1 is 1.14 bits per heavy atom. The van der Waals surface area contributed by atoms with Crippen LogP contribution in [0.5, 0.6) is 5.75 Å². The van der Waals surface area contributed by atoms with Crippen LogP contribution in [-0.2, 0) is 6.42 Å². The lowest BCUT2D eigenvalue weighted by atomic mass is 9.95. The highest BCUT2D eigenvalue weighted by Gasteiger charge is 2.24. The zero-order valence-electron chi connectivity index (χ0n) is 11.4. The lowest BCUT2D eigenvalue weighted by molar-refractivity contribution is 0.351. The molecule has 0 aliphatic carbocycles. The summed E-state index contributed by atoms with van der Waals surface area (Å²) in [7, 11) is 1.73. The summed E-state index contributed by atoms with van der Waals surface area (Å²) in [6.07, 6.45) is 0.789. The molecule has 1 heterocycles. The van der Waals surface area contributed by atoms with E-state index in [-0.39, 0.29) is 6.04 Å². The molecule has 0 spiro atoms. The molecule has 0 bridgehead atoms. The molecule has 1 N–H and O–H groups in total. The molecule has 0 radical (unpaired) electrons. The average Bonchev–Trinajstić information content (AvgIpc) is 2.86. The lowest BCUT2D eigenvalue weighted by Crippen LogP contribution is -2.19. The Hall–Kier alpha value is -1.65. The average molecular weight is 310 g/mol. The normalized spacial score (nSPS) is 14.7. The van der Waals surface area contributed by atoms with E-state index < -0.39 is 11.6 Å². The van der Waals surface area contributed by atoms with Crippen molar-refractivity contribution in [2.45, 2.75) is 12.5 Å². The van der Waals surface area contributed by atoms with Crippen molar-refractivity contribution in [3.8, 4) is 5.75 Å². The van der Waals surface area contributed by atoms with Gasteiger partial charge in [-0.2, -0.15) is 0 Å². The van der Waals surface area contributed by atoms with Gasteiger partial charge in [0.2, 0.25) is 0 Å². The van der Waals surface area contributed by atoms with Crippen molar-refractivity contribution in [3.63, 3.8) is 0 Å². The number of ether oxygens (including phenoxy) is 1. The first-order valence-electron chi connectivity index (χ1n) is 6.67. The van der Waals surface area contributed by atoms with Gasteiger partial charge in [0.05, 0.1) is 12.6 Å². The predicted octanol–water partition coefficient (Wildman–Crippen LogP) is 3.86. The number of hydrogen-bond acceptors (Lipinski definition) is 2. The van der Waals surface area contributed by atoms with E-state index >= 15 is 0 Å². The summed E-state index contributed by atoms with van der Waals surface area (Å²) < 4.78 is 32.6. The zero-order valence-corrected chi connectivity index (χ0v) is 12.2. The van der Waals surface area contributed by atoms with Gasteiger partial charge in [-0.05, 0) is 42.4 Å². The van der Waals surface area contributed by atoms with Crippen molar-refractivity contribution in [2.24, 2.45) is 0 Å². The molecule has 0 amide bonds. The largest absolute Gasteiger partial charge is 0.493 e. The van der Waals surface area contributed by atoms with E-state index in [1.54, 1.807) is 13.1 Å². The van der Waals surface area contributed by atoms with Crippen LogP contribution in [0.2, 0.25) is 5.02 Å². The molecule has 0 aromatic heterocycles. The topological polar surface area (TPSA) is 21.3 Å². The second-order valence-corrected chi connectivity index (χ2v) is 5.44. The maximum absolute atomic E-state index is 13.5. The summed E-state index contributed by atoms with van der Waals surface area (Å²) in [5, 5.41) is 3.66. The molecule has 2 aromatic carbocycles. The number of nitrogens with one attached hydrogen (secondary N) is 1. The maximum Gasteiger partial charge on any atom is 0.127 e. The number of rotatable bonds is 3. The number of hydrogen-bond donors (Lipinski definition) is 1. The van der Waals surface area contributed by atoms with Gasteiger partial charge in [0.25, 0.3) is 0 Å². The van der Waals surface area contributed by atoms with Gasteiger partial charge in [-0.15, -0.1) is 0 Å². The van der Waals surface area contributed by atoms with Gasteiger partial charge in [-0.25, -0.2) is 8.78 Å². The highest BCUT2D eigenvalue weighted by molar-refractivity contribution is 6.30. The van der Waals surface area contributed by atoms with E-state index in [4.69, 9.17) is 16.3 Å². The van der Waals surface area contributed by atoms with Gasteiger partial charge in [-0.3, -0.25) is 0 Å². The van der Waals surface area contributed by atoms with E-state index in [1.807, 2.05) is 6.07 Å². The molecule has 0 fully saturated rings. The Balaban J connectivity index is 2.12. The molecule has 1 aliphatic heterocycles. The second kappa shape index (κ2) is 5.62. The quantitative estimate of drug-likeness (QED) is 0.929. The molecular formula is C16H14ClF2NO. The van der Waals surface area contributed by atoms with Crippen LogP contribution in [0.4, 0.5) is 8.78 Å². The van der Waals surface area contributed by atoms with Crippen molar-refractivity contribution in [3.05, 3.63) is 63.7 Å². The van der Waals surface area contributed by atoms with Crippen molar-refractivity contribution in [1.82, 2.24) is 5.32 Å². The van der Waals surface area contributed by atoms with Crippen LogP contribution >= 0.6 is 11.6 Å². The third-order valence-corrected chi connectivity index (χ3v) is 3.81. The van der Waals surface area contributed by atoms with Gasteiger partial charge in [0.15, 0.2) is 0 Å². The number of halogens is 3. The molecule has 110 valence electrons. The Morgan fingerprint density at radius 3 is 2.52 bits per heavy atom. The molecular weight excluding hydrogens is 296 g/mol. The van der Waals surface area contributed by atoms with Crippen molar-refractivity contribution in [2.75, 3.05) is 13.7 Å². The fraction of sp³-hybridized carbons (Fsp3) is 0.250. The summed E-state index contributed by atoms with van der Waals surface area (Å²) in [5.74, 6) is -0.460. The molecule has 3 rings (SSSR count). The van der Waals surface area contributed by atoms with Crippen LogP contribution in [-0.4, -0.2) is 13.7 Å². The van der Waals surface area contributed by atoms with Crippen LogP contribution in [0.15, 0.2) is 30.3 Å². The third kappa shape index (κ3) is 2.74. The second-order valence-electron chi connectivity index (χ2n) is 5.01. The first-order valence-corrected chi connectivity index (χ1v) is 7.04. The van der Waals surface area contributed by atoms with Gasteiger partial charge >= 0.3 is 0 Å². The monoisotopic (exact) mass is 309 g/mol. The minimum Gasteiger partial charge on any atom is -0.493 e. The van der Waals surface area contributed by atoms with E-state index in [2.05, 4.69) is 5.32 Å². The van der Waals surface area contributed by atoms with E-state index in [0.29, 0.717) is 17.2 Å². The summed E-state index contributed by atoms with van der Waals surface area (Å²) in [4.78, 5) is 0. The van der Waals surface area contributed by atoms with E-state index in [9.17, 15) is 8.78 Å². The van der Waals surface area contributed by atoms with Crippen LogP contribution in [0.25, 0.3) is 0 Å². The maximum atomic E-state index is 13.5. The SMILES string of the molecule is CNC(c1cc(F)cc(F)c1)c1cc(Cl)cc2c1OCC2. The molecule has 1 aliphatic rings. The summed E-state index contributed by atoms with van der Waals surface area (Å²) in [6.45, 7) is 0.594. The Labute approximate surface area is 126 Å². The predicted molar refractivity (Wildman–Crippen MR) is 77.9 cm³/mol. The highest BCUT2D eigenvalue weighted by atomic mass is 35.5. The molecule has 2 nitrogen and oxygen atoms in total. The Morgan fingerprint density at radius 2 is 1.86 bits per heavy atom. The zero-order chi connectivity index (χ0) is 15.0. The van der Waals surface area contributed by atoms with Crippen molar-refractivity contribution < 1.29 is 13.5 Å². The van der Waals surface area contributed by atoms with Gasteiger partial charge in [0, 0.05) is 23.1 Å². The lowest BCUT2D eigenvalue weighted by Gasteiger charge is -2.20. The third-order valence-electron chi connectivity index (χ3n) is 3.60. The molecule has 2 aromatic rings. The standard InChI is InChI=1S/C16H14ClF2NO/c1-20-15(10-5-12(18)8-13(19)6-10)14-7-11(17)4-9-2-3-21-16(9)14/h4-8,15,20H,2-3H2,1H3. The van der Waals surface area contributed by atoms with Crippen LogP contribution in [0.1, 0.15) is 22.7 Å². The first-order chi connectivity index (χ1) is 10.1. The summed E-state index contributed by atoms with van der Waals surface area (Å²) >= 11 is 6.15. The fourth-order valence-electron chi connectivity index (χ4n) is 2.76. The fourth-order valence-corrected chi connectivity index (χ4v) is 3.01. The Kier molecular flexibility index (Phi) is 3.83. The van der Waals surface area contributed by atoms with Crippen LogP contribution < -0.4 is 10.1 Å².